The summed E-state index contributed by atoms with van der Waals surface area (Å²) in [5.41, 5.74) is 0.586. The van der Waals surface area contributed by atoms with E-state index in [9.17, 15) is 14.4 Å². The lowest BCUT2D eigenvalue weighted by Crippen LogP contribution is -2.58. The summed E-state index contributed by atoms with van der Waals surface area (Å²) in [5.74, 6) is 1.32. The van der Waals surface area contributed by atoms with Crippen LogP contribution in [0.15, 0.2) is 48.8 Å². The van der Waals surface area contributed by atoms with Crippen molar-refractivity contribution < 1.29 is 47.5 Å². The molecule has 3 aromatic rings. The Bertz CT molecular complexity index is 1410. The van der Waals surface area contributed by atoms with Crippen LogP contribution in [0.5, 0.6) is 34.5 Å². The maximum Gasteiger partial charge on any atom is 0.418 e. The fourth-order valence-electron chi connectivity index (χ4n) is 4.91. The zero-order chi connectivity index (χ0) is 31.1. The van der Waals surface area contributed by atoms with Crippen LogP contribution in [-0.4, -0.2) is 107 Å². The van der Waals surface area contributed by atoms with E-state index in [1.54, 1.807) is 58.6 Å². The number of rotatable bonds is 10. The number of hydrogen-bond donors (Lipinski definition) is 0. The Morgan fingerprint density at radius 1 is 0.674 bits per heavy atom. The number of aromatic nitrogens is 1. The van der Waals surface area contributed by atoms with Crippen molar-refractivity contribution >= 4 is 17.9 Å². The first-order chi connectivity index (χ1) is 20.8. The lowest BCUT2D eigenvalue weighted by atomic mass is 10.1. The van der Waals surface area contributed by atoms with Crippen molar-refractivity contribution in [3.8, 4) is 34.5 Å². The van der Waals surface area contributed by atoms with E-state index in [-0.39, 0.29) is 43.6 Å². The Labute approximate surface area is 249 Å². The summed E-state index contributed by atoms with van der Waals surface area (Å²) in [4.78, 5) is 43.4. The van der Waals surface area contributed by atoms with Crippen LogP contribution < -0.4 is 28.4 Å². The van der Waals surface area contributed by atoms with Gasteiger partial charge in [-0.1, -0.05) is 0 Å². The van der Waals surface area contributed by atoms with Gasteiger partial charge >= 0.3 is 6.09 Å². The standard InChI is InChI=1S/C30H35N3O10/c1-37-22-13-19(14-23(38-2)26(22)41-5)28(34)32-11-12-33(21(17-32)18-43-30(36)31-9-7-8-10-31)29(35)20-15-24(39-3)27(42-6)25(16-20)40-4/h7-10,13-16,21H,11-12,17-18H2,1-6H3. The molecular formula is C30H35N3O10. The van der Waals surface area contributed by atoms with Crippen LogP contribution in [0.2, 0.25) is 0 Å². The maximum atomic E-state index is 13.9. The molecule has 13 heteroatoms. The molecule has 2 amide bonds. The molecule has 0 aliphatic carbocycles. The maximum absolute atomic E-state index is 13.9. The Morgan fingerprint density at radius 2 is 1.14 bits per heavy atom. The minimum atomic E-state index is -0.675. The number of benzene rings is 2. The summed E-state index contributed by atoms with van der Waals surface area (Å²) in [6.45, 7) is 0.307. The van der Waals surface area contributed by atoms with E-state index in [4.69, 9.17) is 33.2 Å². The number of ether oxygens (including phenoxy) is 7. The molecule has 13 nitrogen and oxygen atoms in total. The van der Waals surface area contributed by atoms with E-state index >= 15 is 0 Å². The summed E-state index contributed by atoms with van der Waals surface area (Å²) in [6.07, 6.45) is 2.50. The quantitative estimate of drug-likeness (QED) is 0.344. The minimum Gasteiger partial charge on any atom is -0.493 e. The number of methoxy groups -OCH3 is 6. The fourth-order valence-corrected chi connectivity index (χ4v) is 4.91. The topological polar surface area (TPSA) is 127 Å². The second-order valence-electron chi connectivity index (χ2n) is 9.40. The van der Waals surface area contributed by atoms with Crippen LogP contribution in [-0.2, 0) is 4.74 Å². The summed E-state index contributed by atoms with van der Waals surface area (Å²) in [5, 5.41) is 0. The summed E-state index contributed by atoms with van der Waals surface area (Å²) in [6, 6.07) is 8.96. The van der Waals surface area contributed by atoms with E-state index in [1.165, 1.54) is 47.2 Å². The SMILES string of the molecule is COc1cc(C(=O)N2CCN(C(=O)c3cc(OC)c(OC)c(OC)c3)C(COC(=O)n3cccc3)C2)cc(OC)c1OC. The molecule has 1 saturated heterocycles. The van der Waals surface area contributed by atoms with Crippen molar-refractivity contribution in [3.63, 3.8) is 0 Å². The molecule has 2 heterocycles. The Balaban J connectivity index is 1.64. The molecular weight excluding hydrogens is 562 g/mol. The van der Waals surface area contributed by atoms with Gasteiger partial charge < -0.3 is 43.0 Å². The number of nitrogens with zero attached hydrogens (tertiary/aromatic N) is 3. The Hall–Kier alpha value is -5.07. The van der Waals surface area contributed by atoms with Gasteiger partial charge in [0, 0.05) is 43.2 Å². The van der Waals surface area contributed by atoms with Crippen LogP contribution in [0, 0.1) is 0 Å². The highest BCUT2D eigenvalue weighted by atomic mass is 16.6. The van der Waals surface area contributed by atoms with E-state index in [2.05, 4.69) is 0 Å². The third-order valence-corrected chi connectivity index (χ3v) is 7.07. The third kappa shape index (κ3) is 6.40. The van der Waals surface area contributed by atoms with Crippen molar-refractivity contribution in [3.05, 3.63) is 59.9 Å². The molecule has 230 valence electrons. The molecule has 0 bridgehead atoms. The van der Waals surface area contributed by atoms with Gasteiger partial charge in [0.1, 0.15) is 6.61 Å². The van der Waals surface area contributed by atoms with Gasteiger partial charge in [-0.15, -0.1) is 0 Å². The smallest absolute Gasteiger partial charge is 0.418 e. The second-order valence-corrected chi connectivity index (χ2v) is 9.40. The van der Waals surface area contributed by atoms with Gasteiger partial charge in [0.25, 0.3) is 11.8 Å². The van der Waals surface area contributed by atoms with Crippen molar-refractivity contribution in [1.29, 1.82) is 0 Å². The van der Waals surface area contributed by atoms with Crippen LogP contribution in [0.25, 0.3) is 0 Å². The van der Waals surface area contributed by atoms with E-state index in [1.807, 2.05) is 0 Å². The highest BCUT2D eigenvalue weighted by molar-refractivity contribution is 5.97. The predicted octanol–water partition coefficient (Wildman–Crippen LogP) is 3.19. The molecule has 0 spiro atoms. The molecule has 1 unspecified atom stereocenters. The third-order valence-electron chi connectivity index (χ3n) is 7.07. The molecule has 1 atom stereocenters. The van der Waals surface area contributed by atoms with Crippen molar-refractivity contribution in [2.24, 2.45) is 0 Å². The molecule has 0 N–H and O–H groups in total. The molecule has 1 aromatic heterocycles. The predicted molar refractivity (Wildman–Crippen MR) is 154 cm³/mol. The number of amides is 2. The van der Waals surface area contributed by atoms with Gasteiger partial charge in [0.15, 0.2) is 23.0 Å². The highest BCUT2D eigenvalue weighted by Gasteiger charge is 2.35. The molecule has 1 aliphatic heterocycles. The van der Waals surface area contributed by atoms with Gasteiger partial charge in [-0.3, -0.25) is 14.2 Å². The summed E-state index contributed by atoms with van der Waals surface area (Å²) < 4.78 is 39.3. The molecule has 1 fully saturated rings. The highest BCUT2D eigenvalue weighted by Crippen LogP contribution is 2.40. The van der Waals surface area contributed by atoms with Gasteiger partial charge in [-0.25, -0.2) is 4.79 Å². The van der Waals surface area contributed by atoms with Gasteiger partial charge in [-0.2, -0.15) is 0 Å². The zero-order valence-electron chi connectivity index (χ0n) is 24.9. The second kappa shape index (κ2) is 13.7. The van der Waals surface area contributed by atoms with Gasteiger partial charge in [0.05, 0.1) is 48.7 Å². The minimum absolute atomic E-state index is 0.0879. The van der Waals surface area contributed by atoms with Crippen molar-refractivity contribution in [1.82, 2.24) is 14.4 Å². The van der Waals surface area contributed by atoms with Crippen LogP contribution in [0.3, 0.4) is 0 Å². The average molecular weight is 598 g/mol. The molecule has 43 heavy (non-hydrogen) atoms. The van der Waals surface area contributed by atoms with Crippen molar-refractivity contribution in [2.75, 3.05) is 68.9 Å². The van der Waals surface area contributed by atoms with Gasteiger partial charge in [0.2, 0.25) is 11.5 Å². The Morgan fingerprint density at radius 3 is 1.58 bits per heavy atom. The van der Waals surface area contributed by atoms with Crippen LogP contribution >= 0.6 is 0 Å². The lowest BCUT2D eigenvalue weighted by molar-refractivity contribution is 0.0230. The number of piperazine rings is 1. The summed E-state index contributed by atoms with van der Waals surface area (Å²) in [7, 11) is 8.81. The van der Waals surface area contributed by atoms with E-state index < -0.39 is 12.1 Å². The molecule has 1 aliphatic rings. The fraction of sp³-hybridized carbons (Fsp3) is 0.367. The van der Waals surface area contributed by atoms with Crippen LogP contribution in [0.1, 0.15) is 20.7 Å². The normalized spacial score (nSPS) is 14.5. The number of carbonyl (C=O) groups excluding carboxylic acids is 3. The van der Waals surface area contributed by atoms with Crippen LogP contribution in [0.4, 0.5) is 4.79 Å². The van der Waals surface area contributed by atoms with E-state index in [0.29, 0.717) is 40.1 Å². The average Bonchev–Trinajstić information content (AvgIpc) is 3.60. The van der Waals surface area contributed by atoms with Gasteiger partial charge in [-0.05, 0) is 36.4 Å². The van der Waals surface area contributed by atoms with E-state index in [0.717, 1.165) is 0 Å². The molecule has 0 saturated carbocycles. The molecule has 0 radical (unpaired) electrons. The zero-order valence-corrected chi connectivity index (χ0v) is 24.9. The first kappa shape index (κ1) is 30.9. The van der Waals surface area contributed by atoms with Crippen molar-refractivity contribution in [2.45, 2.75) is 6.04 Å². The monoisotopic (exact) mass is 597 g/mol. The molecule has 2 aromatic carbocycles. The number of hydrogen-bond acceptors (Lipinski definition) is 10. The first-order valence-corrected chi connectivity index (χ1v) is 13.3. The Kier molecular flexibility index (Phi) is 9.86. The molecule has 4 rings (SSSR count). The lowest BCUT2D eigenvalue weighted by Gasteiger charge is -2.41. The number of carbonyl (C=O) groups is 3. The largest absolute Gasteiger partial charge is 0.493 e. The summed E-state index contributed by atoms with van der Waals surface area (Å²) >= 11 is 0. The first-order valence-electron chi connectivity index (χ1n) is 13.3.